The van der Waals surface area contributed by atoms with Crippen molar-refractivity contribution in [3.05, 3.63) is 66.5 Å². The zero-order chi connectivity index (χ0) is 24.5. The molecule has 5 rings (SSSR count). The van der Waals surface area contributed by atoms with E-state index in [4.69, 9.17) is 11.5 Å². The summed E-state index contributed by atoms with van der Waals surface area (Å²) in [5.74, 6) is -0.491. The van der Waals surface area contributed by atoms with E-state index in [-0.39, 0.29) is 23.2 Å². The van der Waals surface area contributed by atoms with Gasteiger partial charge in [-0.1, -0.05) is 6.07 Å². The molecule has 35 heavy (non-hydrogen) atoms. The van der Waals surface area contributed by atoms with Crippen molar-refractivity contribution in [3.63, 3.8) is 0 Å². The minimum atomic E-state index is -0.350. The molecule has 5 N–H and O–H groups in total. The molecule has 3 aromatic heterocycles. The fourth-order valence-corrected chi connectivity index (χ4v) is 4.10. The Morgan fingerprint density at radius 3 is 2.63 bits per heavy atom. The molecule has 10 heteroatoms. The number of nitrogens with zero attached hydrogens (tertiary/aromatic N) is 5. The number of nitrogens with one attached hydrogen (secondary N) is 1. The molecule has 1 amide bonds. The van der Waals surface area contributed by atoms with Crippen molar-refractivity contribution in [3.8, 4) is 22.5 Å². The van der Waals surface area contributed by atoms with Gasteiger partial charge in [-0.25, -0.2) is 19.3 Å². The van der Waals surface area contributed by atoms with Crippen LogP contribution in [0, 0.1) is 5.82 Å². The van der Waals surface area contributed by atoms with Crippen molar-refractivity contribution in [2.24, 2.45) is 12.8 Å². The van der Waals surface area contributed by atoms with Crippen LogP contribution in [0.15, 0.2) is 55.0 Å². The average Bonchev–Trinajstić information content (AvgIpc) is 3.47. The van der Waals surface area contributed by atoms with Crippen LogP contribution in [0.25, 0.3) is 39.2 Å². The standard InChI is InChI=1S/C25H25FN8O/c1-33-14-30-18-9-6-16(12-20(18)33)22-21(15-4-7-17(26)8-5-15)32-23(28)24-31-19(13-34(22)24)25(35)29-11-3-2-10-27/h4-9,12-14H,2-3,10-11,27H2,1H3,(H2,28,32)(H,29,35). The highest BCUT2D eigenvalue weighted by atomic mass is 19.1. The largest absolute Gasteiger partial charge is 0.381 e. The first-order valence-electron chi connectivity index (χ1n) is 11.3. The number of aryl methyl sites for hydroxylation is 1. The Morgan fingerprint density at radius 1 is 1.09 bits per heavy atom. The number of rotatable bonds is 7. The number of anilines is 1. The number of benzene rings is 2. The lowest BCUT2D eigenvalue weighted by Crippen LogP contribution is -2.25. The van der Waals surface area contributed by atoms with Crippen LogP contribution in [0.2, 0.25) is 0 Å². The van der Waals surface area contributed by atoms with Crippen molar-refractivity contribution in [2.45, 2.75) is 12.8 Å². The summed E-state index contributed by atoms with van der Waals surface area (Å²) in [6, 6.07) is 11.9. The van der Waals surface area contributed by atoms with Crippen LogP contribution in [0.5, 0.6) is 0 Å². The third-order valence-electron chi connectivity index (χ3n) is 5.90. The molecule has 9 nitrogen and oxygen atoms in total. The van der Waals surface area contributed by atoms with Crippen LogP contribution in [0.4, 0.5) is 10.2 Å². The summed E-state index contributed by atoms with van der Waals surface area (Å²) in [6.07, 6.45) is 5.01. The number of nitrogen functional groups attached to an aromatic ring is 1. The molecule has 0 saturated heterocycles. The van der Waals surface area contributed by atoms with Crippen molar-refractivity contribution in [1.82, 2.24) is 29.2 Å². The molecule has 5 aromatic rings. The maximum atomic E-state index is 13.7. The summed E-state index contributed by atoms with van der Waals surface area (Å²) < 4.78 is 17.4. The second-order valence-corrected chi connectivity index (χ2v) is 8.33. The molecule has 0 spiro atoms. The fraction of sp³-hybridized carbons (Fsp3) is 0.200. The monoisotopic (exact) mass is 472 g/mol. The van der Waals surface area contributed by atoms with Crippen LogP contribution in [-0.4, -0.2) is 42.9 Å². The van der Waals surface area contributed by atoms with Crippen LogP contribution < -0.4 is 16.8 Å². The number of amides is 1. The molecule has 0 aliphatic heterocycles. The fourth-order valence-electron chi connectivity index (χ4n) is 4.10. The van der Waals surface area contributed by atoms with Gasteiger partial charge in [0.2, 0.25) is 0 Å². The highest BCUT2D eigenvalue weighted by Crippen LogP contribution is 2.34. The summed E-state index contributed by atoms with van der Waals surface area (Å²) in [4.78, 5) is 26.3. The van der Waals surface area contributed by atoms with Gasteiger partial charge in [0.15, 0.2) is 11.5 Å². The van der Waals surface area contributed by atoms with Gasteiger partial charge in [-0.2, -0.15) is 0 Å². The first-order chi connectivity index (χ1) is 17.0. The molecule has 2 aromatic carbocycles. The molecule has 0 aliphatic rings. The number of carbonyl (C=O) groups excluding carboxylic acids is 1. The predicted octanol–water partition coefficient (Wildman–Crippen LogP) is 3.14. The number of unbranched alkanes of at least 4 members (excludes halogenated alkanes) is 1. The summed E-state index contributed by atoms with van der Waals surface area (Å²) in [5, 5.41) is 2.87. The highest BCUT2D eigenvalue weighted by molar-refractivity contribution is 5.94. The average molecular weight is 473 g/mol. The molecule has 3 heterocycles. The van der Waals surface area contributed by atoms with Gasteiger partial charge in [0.25, 0.3) is 5.91 Å². The zero-order valence-corrected chi connectivity index (χ0v) is 19.2. The molecular formula is C25H25FN8O. The second-order valence-electron chi connectivity index (χ2n) is 8.33. The van der Waals surface area contributed by atoms with E-state index >= 15 is 0 Å². The maximum Gasteiger partial charge on any atom is 0.271 e. The number of halogens is 1. The number of hydrogen-bond acceptors (Lipinski definition) is 6. The van der Waals surface area contributed by atoms with Crippen LogP contribution in [0.1, 0.15) is 23.3 Å². The molecule has 0 saturated carbocycles. The van der Waals surface area contributed by atoms with Crippen LogP contribution in [0.3, 0.4) is 0 Å². The molecule has 178 valence electrons. The number of aromatic nitrogens is 5. The lowest BCUT2D eigenvalue weighted by atomic mass is 10.0. The van der Waals surface area contributed by atoms with Gasteiger partial charge in [0.1, 0.15) is 11.5 Å². The quantitative estimate of drug-likeness (QED) is 0.312. The lowest BCUT2D eigenvalue weighted by Gasteiger charge is -2.14. The third-order valence-corrected chi connectivity index (χ3v) is 5.90. The lowest BCUT2D eigenvalue weighted by molar-refractivity contribution is 0.0948. The van der Waals surface area contributed by atoms with E-state index in [1.54, 1.807) is 29.1 Å². The molecule has 0 atom stereocenters. The van der Waals surface area contributed by atoms with Gasteiger partial charge in [-0.3, -0.25) is 9.20 Å². The van der Waals surface area contributed by atoms with E-state index in [0.717, 1.165) is 29.4 Å². The Morgan fingerprint density at radius 2 is 1.86 bits per heavy atom. The van der Waals surface area contributed by atoms with Gasteiger partial charge < -0.3 is 21.4 Å². The topological polar surface area (TPSA) is 129 Å². The third kappa shape index (κ3) is 4.19. The second kappa shape index (κ2) is 9.15. The minimum absolute atomic E-state index is 0.164. The van der Waals surface area contributed by atoms with Gasteiger partial charge in [0.05, 0.1) is 28.7 Å². The summed E-state index contributed by atoms with van der Waals surface area (Å²) in [6.45, 7) is 1.07. The highest BCUT2D eigenvalue weighted by Gasteiger charge is 2.21. The summed E-state index contributed by atoms with van der Waals surface area (Å²) >= 11 is 0. The van der Waals surface area contributed by atoms with E-state index in [1.165, 1.54) is 12.1 Å². The van der Waals surface area contributed by atoms with Gasteiger partial charge in [-0.15, -0.1) is 0 Å². The Labute approximate surface area is 200 Å². The Hall–Kier alpha value is -4.31. The first kappa shape index (κ1) is 22.5. The number of carbonyl (C=O) groups is 1. The minimum Gasteiger partial charge on any atom is -0.381 e. The Bertz CT molecular complexity index is 1540. The molecule has 0 radical (unpaired) electrons. The molecule has 0 bridgehead atoms. The number of imidazole rings is 2. The van der Waals surface area contributed by atoms with E-state index in [0.29, 0.717) is 35.7 Å². The smallest absolute Gasteiger partial charge is 0.271 e. The van der Waals surface area contributed by atoms with E-state index < -0.39 is 0 Å². The SMILES string of the molecule is Cn1cnc2ccc(-c3c(-c4ccc(F)cc4)nc(N)c4nc(C(=O)NCCCCN)cn34)cc21. The van der Waals surface area contributed by atoms with Crippen molar-refractivity contribution >= 4 is 28.4 Å². The number of fused-ring (bicyclic) bond motifs is 2. The van der Waals surface area contributed by atoms with Crippen molar-refractivity contribution in [1.29, 1.82) is 0 Å². The molecule has 0 aliphatic carbocycles. The van der Waals surface area contributed by atoms with E-state index in [2.05, 4.69) is 20.3 Å². The zero-order valence-electron chi connectivity index (χ0n) is 19.2. The normalized spacial score (nSPS) is 11.4. The molecule has 0 unspecified atom stereocenters. The van der Waals surface area contributed by atoms with Crippen LogP contribution >= 0.6 is 0 Å². The van der Waals surface area contributed by atoms with Crippen LogP contribution in [-0.2, 0) is 7.05 Å². The summed E-state index contributed by atoms with van der Waals surface area (Å²) in [5.41, 5.74) is 16.9. The maximum absolute atomic E-state index is 13.7. The molecule has 0 fully saturated rings. The van der Waals surface area contributed by atoms with Crippen molar-refractivity contribution < 1.29 is 9.18 Å². The predicted molar refractivity (Wildman–Crippen MR) is 133 cm³/mol. The first-order valence-corrected chi connectivity index (χ1v) is 11.3. The Kier molecular flexibility index (Phi) is 5.87. The number of hydrogen-bond donors (Lipinski definition) is 3. The summed E-state index contributed by atoms with van der Waals surface area (Å²) in [7, 11) is 1.92. The van der Waals surface area contributed by atoms with Gasteiger partial charge in [-0.05, 0) is 55.8 Å². The Balaban J connectivity index is 1.70. The molecular weight excluding hydrogens is 447 g/mol. The van der Waals surface area contributed by atoms with Gasteiger partial charge >= 0.3 is 0 Å². The van der Waals surface area contributed by atoms with E-state index in [1.807, 2.05) is 29.8 Å². The number of nitrogens with two attached hydrogens (primary N) is 2. The van der Waals surface area contributed by atoms with Gasteiger partial charge in [0, 0.05) is 30.9 Å². The van der Waals surface area contributed by atoms with Crippen molar-refractivity contribution in [2.75, 3.05) is 18.8 Å². The van der Waals surface area contributed by atoms with E-state index in [9.17, 15) is 9.18 Å².